The molecule has 4 nitrogen and oxygen atoms in total. The first kappa shape index (κ1) is 13.5. The second-order valence-corrected chi connectivity index (χ2v) is 4.75. The standard InChI is InChI=1S/C12H23NO3/c1-9(2)8-13-11(12(14)15-3)10-4-6-16-7-5-10/h9-11,13H,4-8H2,1-3H3. The summed E-state index contributed by atoms with van der Waals surface area (Å²) in [5.41, 5.74) is 0. The van der Waals surface area contributed by atoms with Gasteiger partial charge in [0.25, 0.3) is 0 Å². The molecule has 0 saturated carbocycles. The van der Waals surface area contributed by atoms with Crippen LogP contribution in [0.1, 0.15) is 26.7 Å². The Morgan fingerprint density at radius 2 is 2.06 bits per heavy atom. The van der Waals surface area contributed by atoms with Crippen LogP contribution in [0.15, 0.2) is 0 Å². The van der Waals surface area contributed by atoms with Gasteiger partial charge in [-0.15, -0.1) is 0 Å². The van der Waals surface area contributed by atoms with Crippen molar-refractivity contribution in [2.24, 2.45) is 11.8 Å². The van der Waals surface area contributed by atoms with Crippen LogP contribution in [0.2, 0.25) is 0 Å². The van der Waals surface area contributed by atoms with E-state index in [1.54, 1.807) is 0 Å². The van der Waals surface area contributed by atoms with Crippen LogP contribution in [-0.4, -0.2) is 38.9 Å². The molecule has 0 amide bonds. The SMILES string of the molecule is COC(=O)C(NCC(C)C)C1CCOCC1. The lowest BCUT2D eigenvalue weighted by Crippen LogP contribution is -2.46. The molecule has 0 aromatic carbocycles. The number of hydrogen-bond acceptors (Lipinski definition) is 4. The number of methoxy groups -OCH3 is 1. The molecule has 1 heterocycles. The van der Waals surface area contributed by atoms with Crippen LogP contribution in [0, 0.1) is 11.8 Å². The van der Waals surface area contributed by atoms with Crippen LogP contribution in [0.4, 0.5) is 0 Å². The van der Waals surface area contributed by atoms with Crippen molar-refractivity contribution in [1.29, 1.82) is 0 Å². The van der Waals surface area contributed by atoms with Crippen LogP contribution in [0.3, 0.4) is 0 Å². The maximum Gasteiger partial charge on any atom is 0.323 e. The van der Waals surface area contributed by atoms with Crippen molar-refractivity contribution >= 4 is 5.97 Å². The van der Waals surface area contributed by atoms with Gasteiger partial charge in [0, 0.05) is 13.2 Å². The molecule has 1 N–H and O–H groups in total. The Kier molecular flexibility index (Phi) is 5.77. The molecule has 0 spiro atoms. The first-order valence-electron chi connectivity index (χ1n) is 6.04. The van der Waals surface area contributed by atoms with Crippen LogP contribution in [0.25, 0.3) is 0 Å². The van der Waals surface area contributed by atoms with E-state index in [9.17, 15) is 4.79 Å². The number of nitrogens with one attached hydrogen (secondary N) is 1. The van der Waals surface area contributed by atoms with E-state index in [1.165, 1.54) is 7.11 Å². The molecule has 0 aromatic heterocycles. The van der Waals surface area contributed by atoms with E-state index in [4.69, 9.17) is 9.47 Å². The Balaban J connectivity index is 2.51. The molecule has 0 aliphatic carbocycles. The zero-order chi connectivity index (χ0) is 12.0. The van der Waals surface area contributed by atoms with Gasteiger partial charge in [0.15, 0.2) is 0 Å². The van der Waals surface area contributed by atoms with Gasteiger partial charge >= 0.3 is 5.97 Å². The average molecular weight is 229 g/mol. The Morgan fingerprint density at radius 3 is 2.56 bits per heavy atom. The van der Waals surface area contributed by atoms with Gasteiger partial charge in [0.2, 0.25) is 0 Å². The number of esters is 1. The van der Waals surface area contributed by atoms with Gasteiger partial charge in [-0.05, 0) is 31.2 Å². The van der Waals surface area contributed by atoms with Gasteiger partial charge < -0.3 is 14.8 Å². The number of hydrogen-bond donors (Lipinski definition) is 1. The molecule has 1 aliphatic rings. The summed E-state index contributed by atoms with van der Waals surface area (Å²) >= 11 is 0. The summed E-state index contributed by atoms with van der Waals surface area (Å²) in [6.07, 6.45) is 1.87. The topological polar surface area (TPSA) is 47.6 Å². The summed E-state index contributed by atoms with van der Waals surface area (Å²) in [6.45, 7) is 6.61. The highest BCUT2D eigenvalue weighted by Crippen LogP contribution is 2.19. The maximum absolute atomic E-state index is 11.7. The Bertz CT molecular complexity index is 212. The van der Waals surface area contributed by atoms with Crippen molar-refractivity contribution in [1.82, 2.24) is 5.32 Å². The van der Waals surface area contributed by atoms with Crippen molar-refractivity contribution in [2.75, 3.05) is 26.9 Å². The molecule has 1 fully saturated rings. The minimum absolute atomic E-state index is 0.146. The van der Waals surface area contributed by atoms with Gasteiger partial charge in [-0.25, -0.2) is 0 Å². The van der Waals surface area contributed by atoms with Gasteiger partial charge in [0.1, 0.15) is 6.04 Å². The summed E-state index contributed by atoms with van der Waals surface area (Å²) in [7, 11) is 1.45. The fraction of sp³-hybridized carbons (Fsp3) is 0.917. The predicted octanol–water partition coefficient (Wildman–Crippen LogP) is 1.20. The van der Waals surface area contributed by atoms with Crippen molar-refractivity contribution < 1.29 is 14.3 Å². The van der Waals surface area contributed by atoms with E-state index in [0.717, 1.165) is 32.6 Å². The third kappa shape index (κ3) is 4.10. The van der Waals surface area contributed by atoms with E-state index in [-0.39, 0.29) is 12.0 Å². The maximum atomic E-state index is 11.7. The zero-order valence-electron chi connectivity index (χ0n) is 10.5. The largest absolute Gasteiger partial charge is 0.468 e. The molecule has 1 unspecified atom stereocenters. The van der Waals surface area contributed by atoms with Crippen molar-refractivity contribution in [3.63, 3.8) is 0 Å². The Labute approximate surface area is 97.7 Å². The Morgan fingerprint density at radius 1 is 1.44 bits per heavy atom. The number of carbonyl (C=O) groups is 1. The van der Waals surface area contributed by atoms with Gasteiger partial charge in [-0.1, -0.05) is 13.8 Å². The third-order valence-corrected chi connectivity index (χ3v) is 2.94. The molecular weight excluding hydrogens is 206 g/mol. The summed E-state index contributed by atoms with van der Waals surface area (Å²) in [5.74, 6) is 0.736. The molecule has 0 aromatic rings. The quantitative estimate of drug-likeness (QED) is 0.720. The summed E-state index contributed by atoms with van der Waals surface area (Å²) < 4.78 is 10.2. The van der Waals surface area contributed by atoms with Crippen LogP contribution >= 0.6 is 0 Å². The smallest absolute Gasteiger partial charge is 0.323 e. The number of ether oxygens (including phenoxy) is 2. The lowest BCUT2D eigenvalue weighted by atomic mass is 9.91. The number of carbonyl (C=O) groups excluding carboxylic acids is 1. The minimum atomic E-state index is -0.170. The van der Waals surface area contributed by atoms with Crippen LogP contribution < -0.4 is 5.32 Å². The summed E-state index contributed by atoms with van der Waals surface area (Å²) in [5, 5.41) is 3.31. The fourth-order valence-electron chi connectivity index (χ4n) is 1.98. The summed E-state index contributed by atoms with van der Waals surface area (Å²) in [6, 6.07) is -0.170. The first-order valence-corrected chi connectivity index (χ1v) is 6.04. The van der Waals surface area contributed by atoms with E-state index in [0.29, 0.717) is 11.8 Å². The highest BCUT2D eigenvalue weighted by atomic mass is 16.5. The third-order valence-electron chi connectivity index (χ3n) is 2.94. The fourth-order valence-corrected chi connectivity index (χ4v) is 1.98. The van der Waals surface area contributed by atoms with Crippen LogP contribution in [-0.2, 0) is 14.3 Å². The van der Waals surface area contributed by atoms with E-state index >= 15 is 0 Å². The summed E-state index contributed by atoms with van der Waals surface area (Å²) in [4.78, 5) is 11.7. The lowest BCUT2D eigenvalue weighted by molar-refractivity contribution is -0.145. The van der Waals surface area contributed by atoms with Crippen molar-refractivity contribution in [3.05, 3.63) is 0 Å². The van der Waals surface area contributed by atoms with E-state index < -0.39 is 0 Å². The molecular formula is C12H23NO3. The molecule has 16 heavy (non-hydrogen) atoms. The molecule has 1 saturated heterocycles. The number of rotatable bonds is 5. The lowest BCUT2D eigenvalue weighted by Gasteiger charge is -2.29. The molecule has 1 aliphatic heterocycles. The normalized spacial score (nSPS) is 19.8. The molecule has 0 bridgehead atoms. The Hall–Kier alpha value is -0.610. The molecule has 4 heteroatoms. The van der Waals surface area contributed by atoms with Gasteiger partial charge in [0.05, 0.1) is 7.11 Å². The van der Waals surface area contributed by atoms with E-state index in [2.05, 4.69) is 19.2 Å². The molecule has 94 valence electrons. The highest BCUT2D eigenvalue weighted by Gasteiger charge is 2.30. The predicted molar refractivity (Wildman–Crippen MR) is 62.2 cm³/mol. The van der Waals surface area contributed by atoms with Crippen LogP contribution in [0.5, 0.6) is 0 Å². The molecule has 1 rings (SSSR count). The minimum Gasteiger partial charge on any atom is -0.468 e. The highest BCUT2D eigenvalue weighted by molar-refractivity contribution is 5.76. The first-order chi connectivity index (χ1) is 7.65. The molecule has 1 atom stereocenters. The van der Waals surface area contributed by atoms with Gasteiger partial charge in [-0.3, -0.25) is 4.79 Å². The van der Waals surface area contributed by atoms with Crippen molar-refractivity contribution in [2.45, 2.75) is 32.7 Å². The molecule has 0 radical (unpaired) electrons. The second kappa shape index (κ2) is 6.86. The second-order valence-electron chi connectivity index (χ2n) is 4.75. The van der Waals surface area contributed by atoms with E-state index in [1.807, 2.05) is 0 Å². The average Bonchev–Trinajstić information content (AvgIpc) is 2.30. The van der Waals surface area contributed by atoms with Gasteiger partial charge in [-0.2, -0.15) is 0 Å². The zero-order valence-corrected chi connectivity index (χ0v) is 10.5. The monoisotopic (exact) mass is 229 g/mol. The van der Waals surface area contributed by atoms with Crippen molar-refractivity contribution in [3.8, 4) is 0 Å².